The van der Waals surface area contributed by atoms with E-state index >= 15 is 0 Å². The minimum absolute atomic E-state index is 0.900. The molecule has 0 radical (unpaired) electrons. The molecule has 3 aromatic carbocycles. The molecular formula is C24H19NOS. The van der Waals surface area contributed by atoms with Crippen LogP contribution in [0.1, 0.15) is 11.3 Å². The number of aryl methyl sites for hydroxylation is 2. The first-order valence-electron chi connectivity index (χ1n) is 9.04. The zero-order valence-corrected chi connectivity index (χ0v) is 16.1. The number of hydrogen-bond acceptors (Lipinski definition) is 3. The van der Waals surface area contributed by atoms with Gasteiger partial charge in [0.15, 0.2) is 0 Å². The molecule has 5 rings (SSSR count). The molecule has 2 heterocycles. The van der Waals surface area contributed by atoms with Crippen LogP contribution in [-0.4, -0.2) is 0 Å². The molecule has 0 spiro atoms. The summed E-state index contributed by atoms with van der Waals surface area (Å²) in [6.45, 7) is 4.15. The predicted octanol–water partition coefficient (Wildman–Crippen LogP) is 7.50. The van der Waals surface area contributed by atoms with Crippen molar-refractivity contribution in [2.45, 2.75) is 23.6 Å². The lowest BCUT2D eigenvalue weighted by molar-refractivity contribution is 0.537. The van der Waals surface area contributed by atoms with Crippen LogP contribution in [0.4, 0.5) is 17.3 Å². The van der Waals surface area contributed by atoms with Gasteiger partial charge in [-0.2, -0.15) is 0 Å². The highest BCUT2D eigenvalue weighted by molar-refractivity contribution is 7.99. The van der Waals surface area contributed by atoms with E-state index in [9.17, 15) is 0 Å². The summed E-state index contributed by atoms with van der Waals surface area (Å²) in [6, 6.07) is 27.8. The van der Waals surface area contributed by atoms with Gasteiger partial charge in [0.2, 0.25) is 5.88 Å². The van der Waals surface area contributed by atoms with E-state index in [0.717, 1.165) is 27.9 Å². The van der Waals surface area contributed by atoms with E-state index in [-0.39, 0.29) is 0 Å². The Kier molecular flexibility index (Phi) is 3.83. The summed E-state index contributed by atoms with van der Waals surface area (Å²) in [5.74, 6) is 1.83. The van der Waals surface area contributed by atoms with Crippen molar-refractivity contribution in [2.24, 2.45) is 0 Å². The van der Waals surface area contributed by atoms with E-state index in [1.54, 1.807) is 11.8 Å². The second-order valence-corrected chi connectivity index (χ2v) is 7.90. The Hall–Kier alpha value is -2.91. The van der Waals surface area contributed by atoms with E-state index in [1.165, 1.54) is 21.6 Å². The zero-order valence-electron chi connectivity index (χ0n) is 15.3. The molecular weight excluding hydrogens is 350 g/mol. The molecule has 0 bridgehead atoms. The van der Waals surface area contributed by atoms with Gasteiger partial charge in [0.05, 0.1) is 16.3 Å². The van der Waals surface area contributed by atoms with Gasteiger partial charge in [-0.15, -0.1) is 0 Å². The molecule has 0 fully saturated rings. The second-order valence-electron chi connectivity index (χ2n) is 6.82. The normalized spacial score (nSPS) is 12.6. The van der Waals surface area contributed by atoms with Crippen molar-refractivity contribution in [3.05, 3.63) is 90.2 Å². The van der Waals surface area contributed by atoms with Crippen LogP contribution in [-0.2, 0) is 0 Å². The van der Waals surface area contributed by atoms with Gasteiger partial charge in [0.25, 0.3) is 0 Å². The highest BCUT2D eigenvalue weighted by Crippen LogP contribution is 2.54. The summed E-state index contributed by atoms with van der Waals surface area (Å²) >= 11 is 1.78. The van der Waals surface area contributed by atoms with Crippen molar-refractivity contribution < 1.29 is 4.42 Å². The number of anilines is 3. The summed E-state index contributed by atoms with van der Waals surface area (Å²) in [5.41, 5.74) is 5.95. The molecule has 0 aliphatic carbocycles. The number of fused-ring (bicyclic) bond motifs is 2. The van der Waals surface area contributed by atoms with Gasteiger partial charge in [-0.3, -0.25) is 4.90 Å². The average Bonchev–Trinajstić information content (AvgIpc) is 3.06. The Labute approximate surface area is 163 Å². The van der Waals surface area contributed by atoms with Crippen molar-refractivity contribution in [3.8, 4) is 11.1 Å². The van der Waals surface area contributed by atoms with Gasteiger partial charge in [-0.1, -0.05) is 66.4 Å². The molecule has 0 N–H and O–H groups in total. The lowest BCUT2D eigenvalue weighted by Gasteiger charge is -2.31. The van der Waals surface area contributed by atoms with Gasteiger partial charge in [0, 0.05) is 10.5 Å². The lowest BCUT2D eigenvalue weighted by Crippen LogP contribution is -2.14. The molecule has 0 unspecified atom stereocenters. The summed E-state index contributed by atoms with van der Waals surface area (Å²) in [6.07, 6.45) is 0. The van der Waals surface area contributed by atoms with Crippen LogP contribution in [0.5, 0.6) is 0 Å². The fourth-order valence-corrected chi connectivity index (χ4v) is 4.78. The maximum atomic E-state index is 6.16. The number of benzene rings is 3. The molecule has 132 valence electrons. The monoisotopic (exact) mass is 369 g/mol. The number of nitrogens with zero attached hydrogens (tertiary/aromatic N) is 1. The predicted molar refractivity (Wildman–Crippen MR) is 112 cm³/mol. The first-order chi connectivity index (χ1) is 13.2. The van der Waals surface area contributed by atoms with Crippen LogP contribution in [0, 0.1) is 13.8 Å². The maximum absolute atomic E-state index is 6.16. The fraction of sp³-hybridized carbons (Fsp3) is 0.0833. The molecule has 1 aromatic heterocycles. The summed E-state index contributed by atoms with van der Waals surface area (Å²) in [7, 11) is 0. The Balaban J connectivity index is 1.77. The standard InChI is InChI=1S/C24H19NOS/c1-16-12-13-21-22(14-16)27-23-15-17(2)26-24(23)25(21)20-11-7-6-10-19(20)18-8-4-3-5-9-18/h3-15H,1-2H3. The van der Waals surface area contributed by atoms with E-state index in [1.807, 2.05) is 6.92 Å². The van der Waals surface area contributed by atoms with Gasteiger partial charge in [-0.25, -0.2) is 0 Å². The Morgan fingerprint density at radius 2 is 1.52 bits per heavy atom. The smallest absolute Gasteiger partial charge is 0.218 e. The third kappa shape index (κ3) is 2.75. The van der Waals surface area contributed by atoms with Crippen molar-refractivity contribution in [3.63, 3.8) is 0 Å². The minimum Gasteiger partial charge on any atom is -0.444 e. The van der Waals surface area contributed by atoms with Crippen molar-refractivity contribution >= 4 is 29.0 Å². The molecule has 3 heteroatoms. The number of para-hydroxylation sites is 1. The third-order valence-electron chi connectivity index (χ3n) is 4.81. The van der Waals surface area contributed by atoms with Crippen molar-refractivity contribution in [2.75, 3.05) is 4.90 Å². The van der Waals surface area contributed by atoms with Gasteiger partial charge in [0.1, 0.15) is 5.76 Å². The van der Waals surface area contributed by atoms with Gasteiger partial charge in [-0.05, 0) is 49.2 Å². The summed E-state index contributed by atoms with van der Waals surface area (Å²) < 4.78 is 6.16. The van der Waals surface area contributed by atoms with Gasteiger partial charge >= 0.3 is 0 Å². The first-order valence-corrected chi connectivity index (χ1v) is 9.86. The molecule has 0 amide bonds. The molecule has 0 saturated heterocycles. The molecule has 0 saturated carbocycles. The quantitative estimate of drug-likeness (QED) is 0.320. The number of furan rings is 1. The van der Waals surface area contributed by atoms with E-state index in [4.69, 9.17) is 4.42 Å². The average molecular weight is 369 g/mol. The van der Waals surface area contributed by atoms with Crippen LogP contribution < -0.4 is 4.90 Å². The highest BCUT2D eigenvalue weighted by atomic mass is 32.2. The number of rotatable bonds is 2. The van der Waals surface area contributed by atoms with E-state index < -0.39 is 0 Å². The molecule has 0 atom stereocenters. The molecule has 2 nitrogen and oxygen atoms in total. The third-order valence-corrected chi connectivity index (χ3v) is 5.87. The van der Waals surface area contributed by atoms with E-state index in [0.29, 0.717) is 0 Å². The van der Waals surface area contributed by atoms with Crippen LogP contribution >= 0.6 is 11.8 Å². The van der Waals surface area contributed by atoms with E-state index in [2.05, 4.69) is 90.7 Å². The minimum atomic E-state index is 0.900. The van der Waals surface area contributed by atoms with Crippen LogP contribution in [0.2, 0.25) is 0 Å². The lowest BCUT2D eigenvalue weighted by atomic mass is 10.0. The Bertz CT molecular complexity index is 1130. The number of hydrogen-bond donors (Lipinski definition) is 0. The zero-order chi connectivity index (χ0) is 18.4. The maximum Gasteiger partial charge on any atom is 0.218 e. The second kappa shape index (κ2) is 6.36. The Morgan fingerprint density at radius 1 is 0.741 bits per heavy atom. The van der Waals surface area contributed by atoms with Crippen molar-refractivity contribution in [1.29, 1.82) is 0 Å². The largest absolute Gasteiger partial charge is 0.444 e. The topological polar surface area (TPSA) is 16.4 Å². The highest BCUT2D eigenvalue weighted by Gasteiger charge is 2.30. The van der Waals surface area contributed by atoms with Crippen LogP contribution in [0.3, 0.4) is 0 Å². The van der Waals surface area contributed by atoms with Gasteiger partial charge < -0.3 is 4.42 Å². The molecule has 27 heavy (non-hydrogen) atoms. The SMILES string of the molecule is Cc1ccc2c(c1)Sc1cc(C)oc1N2c1ccccc1-c1ccccc1. The van der Waals surface area contributed by atoms with Crippen molar-refractivity contribution in [1.82, 2.24) is 0 Å². The summed E-state index contributed by atoms with van der Waals surface area (Å²) in [4.78, 5) is 4.68. The van der Waals surface area contributed by atoms with Crippen LogP contribution in [0.15, 0.2) is 93.1 Å². The molecule has 4 aromatic rings. The molecule has 1 aliphatic rings. The fourth-order valence-electron chi connectivity index (χ4n) is 3.59. The molecule has 1 aliphatic heterocycles. The van der Waals surface area contributed by atoms with Crippen LogP contribution in [0.25, 0.3) is 11.1 Å². The Morgan fingerprint density at radius 3 is 2.37 bits per heavy atom. The first kappa shape index (κ1) is 16.3. The summed E-state index contributed by atoms with van der Waals surface area (Å²) in [5, 5.41) is 0.